The maximum Gasteiger partial charge on any atom is 0.408 e. The number of fused-ring (bicyclic) bond motifs is 1. The summed E-state index contributed by atoms with van der Waals surface area (Å²) in [6, 6.07) is 3.54. The number of pyridine rings is 2. The van der Waals surface area contributed by atoms with Crippen molar-refractivity contribution in [2.45, 2.75) is 38.8 Å². The highest BCUT2D eigenvalue weighted by Gasteiger charge is 2.25. The molecule has 0 saturated heterocycles. The first kappa shape index (κ1) is 22.7. The van der Waals surface area contributed by atoms with Crippen LogP contribution in [0.1, 0.15) is 26.5 Å². The van der Waals surface area contributed by atoms with E-state index in [-0.39, 0.29) is 12.1 Å². The molecule has 0 unspecified atom stereocenters. The molecule has 2 N–H and O–H groups in total. The summed E-state index contributed by atoms with van der Waals surface area (Å²) in [7, 11) is 1.20. The summed E-state index contributed by atoms with van der Waals surface area (Å²) in [6.45, 7) is 5.10. The second-order valence-electron chi connectivity index (χ2n) is 7.93. The van der Waals surface area contributed by atoms with Crippen molar-refractivity contribution in [2.24, 2.45) is 0 Å². The fourth-order valence-corrected chi connectivity index (χ4v) is 2.96. The lowest BCUT2D eigenvalue weighted by molar-refractivity contribution is -0.143. The van der Waals surface area contributed by atoms with Crippen molar-refractivity contribution < 1.29 is 19.1 Å². The Labute approximate surface area is 182 Å². The summed E-state index contributed by atoms with van der Waals surface area (Å²) in [5.74, 6) is -0.669. The lowest BCUT2D eigenvalue weighted by Gasteiger charge is -2.22. The van der Waals surface area contributed by atoms with E-state index in [2.05, 4.69) is 20.3 Å². The van der Waals surface area contributed by atoms with Gasteiger partial charge in [-0.1, -0.05) is 0 Å². The smallest absolute Gasteiger partial charge is 0.408 e. The maximum absolute atomic E-state index is 12.7. The Balaban J connectivity index is 1.85. The number of alkyl carbamates (subject to hydrolysis) is 1. The number of nitrogens with zero attached hydrogens (tertiary/aromatic N) is 3. The first-order valence-electron chi connectivity index (χ1n) is 9.71. The second-order valence-corrected chi connectivity index (χ2v) is 7.93. The van der Waals surface area contributed by atoms with Crippen molar-refractivity contribution in [3.63, 3.8) is 0 Å². The van der Waals surface area contributed by atoms with Gasteiger partial charge in [0.2, 0.25) is 0 Å². The fourth-order valence-electron chi connectivity index (χ4n) is 2.96. The molecule has 3 aromatic rings. The highest BCUT2D eigenvalue weighted by molar-refractivity contribution is 5.81. The zero-order chi connectivity index (χ0) is 23.5. The summed E-state index contributed by atoms with van der Waals surface area (Å²) < 4.78 is 10.9. The topological polar surface area (TPSA) is 145 Å². The Morgan fingerprint density at radius 2 is 1.94 bits per heavy atom. The largest absolute Gasteiger partial charge is 0.467 e. The molecule has 0 aromatic carbocycles. The van der Waals surface area contributed by atoms with E-state index in [0.717, 1.165) is 4.57 Å². The molecule has 3 aromatic heterocycles. The van der Waals surface area contributed by atoms with Crippen LogP contribution in [0.4, 0.5) is 4.79 Å². The molecule has 11 nitrogen and oxygen atoms in total. The number of aromatic amines is 1. The van der Waals surface area contributed by atoms with Gasteiger partial charge in [0.05, 0.1) is 36.1 Å². The monoisotopic (exact) mass is 441 g/mol. The molecule has 11 heteroatoms. The van der Waals surface area contributed by atoms with Crippen LogP contribution in [0, 0.1) is 0 Å². The van der Waals surface area contributed by atoms with Gasteiger partial charge in [-0.3, -0.25) is 14.8 Å². The first-order valence-corrected chi connectivity index (χ1v) is 9.71. The quantitative estimate of drug-likeness (QED) is 0.560. The summed E-state index contributed by atoms with van der Waals surface area (Å²) in [4.78, 5) is 60.0. The van der Waals surface area contributed by atoms with Gasteiger partial charge in [0.25, 0.3) is 5.56 Å². The van der Waals surface area contributed by atoms with Crippen LogP contribution in [0.25, 0.3) is 16.6 Å². The van der Waals surface area contributed by atoms with Crippen molar-refractivity contribution in [2.75, 3.05) is 7.11 Å². The summed E-state index contributed by atoms with van der Waals surface area (Å²) in [5, 5.41) is 2.77. The lowest BCUT2D eigenvalue weighted by Crippen LogP contribution is -2.45. The summed E-state index contributed by atoms with van der Waals surface area (Å²) in [6.07, 6.45) is 3.43. The fraction of sp³-hybridized carbons (Fsp3) is 0.333. The molecule has 0 saturated carbocycles. The number of carbonyl (C=O) groups excluding carboxylic acids is 2. The Hall–Kier alpha value is -4.02. The molecule has 0 radical (unpaired) electrons. The van der Waals surface area contributed by atoms with Crippen LogP contribution in [-0.4, -0.2) is 50.3 Å². The standard InChI is InChI=1S/C21H23N5O6/c1-21(2,3)32-20(30)25-15(18(28)31-4)9-12-5-6-13(10-23-12)26-17(27)14-7-8-22-11-16(14)24-19(26)29/h5-8,10-11,15H,9H2,1-4H3,(H,24,29)(H,25,30)/t15-/m0/s1. The molecule has 1 amide bonds. The second kappa shape index (κ2) is 9.00. The average Bonchev–Trinajstić information content (AvgIpc) is 2.72. The number of ether oxygens (including phenoxy) is 2. The third-order valence-electron chi connectivity index (χ3n) is 4.36. The van der Waals surface area contributed by atoms with Gasteiger partial charge in [-0.05, 0) is 39.0 Å². The molecule has 0 fully saturated rings. The van der Waals surface area contributed by atoms with E-state index in [4.69, 9.17) is 9.47 Å². The van der Waals surface area contributed by atoms with Crippen LogP contribution >= 0.6 is 0 Å². The van der Waals surface area contributed by atoms with Gasteiger partial charge in [-0.2, -0.15) is 0 Å². The van der Waals surface area contributed by atoms with Gasteiger partial charge in [0, 0.05) is 18.3 Å². The number of hydrogen-bond acceptors (Lipinski definition) is 8. The third-order valence-corrected chi connectivity index (χ3v) is 4.36. The number of hydrogen-bond donors (Lipinski definition) is 2. The Bertz CT molecular complexity index is 1260. The molecule has 0 bridgehead atoms. The minimum absolute atomic E-state index is 0.0147. The van der Waals surface area contributed by atoms with Crippen molar-refractivity contribution in [1.82, 2.24) is 24.8 Å². The first-order chi connectivity index (χ1) is 15.1. The van der Waals surface area contributed by atoms with Crippen LogP contribution in [0.5, 0.6) is 0 Å². The van der Waals surface area contributed by atoms with E-state index in [0.29, 0.717) is 16.6 Å². The minimum Gasteiger partial charge on any atom is -0.467 e. The third kappa shape index (κ3) is 5.17. The molecule has 32 heavy (non-hydrogen) atoms. The Morgan fingerprint density at radius 1 is 1.19 bits per heavy atom. The van der Waals surface area contributed by atoms with E-state index in [1.165, 1.54) is 37.8 Å². The van der Waals surface area contributed by atoms with Gasteiger partial charge in [-0.25, -0.2) is 19.0 Å². The summed E-state index contributed by atoms with van der Waals surface area (Å²) in [5.41, 5.74) is -0.884. The molecule has 0 aliphatic carbocycles. The molecule has 168 valence electrons. The van der Waals surface area contributed by atoms with Crippen LogP contribution in [0.15, 0.2) is 46.4 Å². The molecule has 0 aliphatic heterocycles. The molecule has 3 rings (SSSR count). The number of methoxy groups -OCH3 is 1. The van der Waals surface area contributed by atoms with Gasteiger partial charge >= 0.3 is 17.8 Å². The number of esters is 1. The predicted octanol–water partition coefficient (Wildman–Crippen LogP) is 1.08. The van der Waals surface area contributed by atoms with E-state index >= 15 is 0 Å². The number of carbonyl (C=O) groups is 2. The molecule has 0 spiro atoms. The van der Waals surface area contributed by atoms with E-state index in [1.54, 1.807) is 26.8 Å². The predicted molar refractivity (Wildman–Crippen MR) is 115 cm³/mol. The zero-order valence-corrected chi connectivity index (χ0v) is 18.0. The van der Waals surface area contributed by atoms with Crippen molar-refractivity contribution in [3.05, 3.63) is 63.3 Å². The van der Waals surface area contributed by atoms with Gasteiger partial charge < -0.3 is 19.8 Å². The molecule has 0 aliphatic rings. The van der Waals surface area contributed by atoms with Crippen molar-refractivity contribution >= 4 is 23.0 Å². The van der Waals surface area contributed by atoms with Gasteiger partial charge in [0.15, 0.2) is 0 Å². The highest BCUT2D eigenvalue weighted by Crippen LogP contribution is 2.10. The minimum atomic E-state index is -1.03. The number of rotatable bonds is 5. The average molecular weight is 441 g/mol. The Morgan fingerprint density at radius 3 is 2.56 bits per heavy atom. The zero-order valence-electron chi connectivity index (χ0n) is 18.0. The molecular formula is C21H23N5O6. The van der Waals surface area contributed by atoms with Gasteiger partial charge in [-0.15, -0.1) is 0 Å². The Kier molecular flexibility index (Phi) is 6.37. The van der Waals surface area contributed by atoms with Crippen molar-refractivity contribution in [1.29, 1.82) is 0 Å². The lowest BCUT2D eigenvalue weighted by atomic mass is 10.1. The van der Waals surface area contributed by atoms with Crippen LogP contribution in [0.3, 0.4) is 0 Å². The molecule has 3 heterocycles. The number of nitrogens with one attached hydrogen (secondary N) is 2. The van der Waals surface area contributed by atoms with E-state index in [1.807, 2.05) is 0 Å². The van der Waals surface area contributed by atoms with Crippen LogP contribution in [0.2, 0.25) is 0 Å². The molecule has 1 atom stereocenters. The molecular weight excluding hydrogens is 418 g/mol. The normalized spacial score (nSPS) is 12.2. The number of amides is 1. The maximum atomic E-state index is 12.7. The van der Waals surface area contributed by atoms with Crippen LogP contribution < -0.4 is 16.6 Å². The van der Waals surface area contributed by atoms with E-state index in [9.17, 15) is 19.2 Å². The number of H-pyrrole nitrogens is 1. The van der Waals surface area contributed by atoms with Gasteiger partial charge in [0.1, 0.15) is 11.6 Å². The summed E-state index contributed by atoms with van der Waals surface area (Å²) >= 11 is 0. The van der Waals surface area contributed by atoms with E-state index < -0.39 is 35.0 Å². The SMILES string of the molecule is COC(=O)[C@H](Cc1ccc(-n2c(=O)[nH]c3cnccc3c2=O)cn1)NC(=O)OC(C)(C)C. The number of aromatic nitrogens is 4. The highest BCUT2D eigenvalue weighted by atomic mass is 16.6. The van der Waals surface area contributed by atoms with Crippen molar-refractivity contribution in [3.8, 4) is 5.69 Å². The van der Waals surface area contributed by atoms with Crippen LogP contribution in [-0.2, 0) is 20.7 Å².